The van der Waals surface area contributed by atoms with Crippen molar-refractivity contribution >= 4 is 46.3 Å². The van der Waals surface area contributed by atoms with Gasteiger partial charge in [-0.1, -0.05) is 18.3 Å². The van der Waals surface area contributed by atoms with Crippen molar-refractivity contribution < 1.29 is 19.1 Å². The van der Waals surface area contributed by atoms with Gasteiger partial charge < -0.3 is 19.4 Å². The highest BCUT2D eigenvalue weighted by Gasteiger charge is 2.36. The molecule has 11 heteroatoms. The molecule has 35 heavy (non-hydrogen) atoms. The molecule has 1 saturated heterocycles. The lowest BCUT2D eigenvalue weighted by atomic mass is 9.85. The van der Waals surface area contributed by atoms with Crippen LogP contribution in [-0.4, -0.2) is 89.3 Å². The second-order valence-electron chi connectivity index (χ2n) is 9.53. The average molecular weight is 526 g/mol. The Labute approximate surface area is 216 Å². The van der Waals surface area contributed by atoms with Gasteiger partial charge in [-0.25, -0.2) is 14.6 Å². The summed E-state index contributed by atoms with van der Waals surface area (Å²) in [7, 11) is 3.55. The molecule has 1 N–H and O–H groups in total. The Kier molecular flexibility index (Phi) is 10.5. The van der Waals surface area contributed by atoms with Gasteiger partial charge in [0, 0.05) is 45.0 Å². The largest absolute Gasteiger partial charge is 0.466 e. The quantitative estimate of drug-likeness (QED) is 0.389. The number of hydrogen-bond donors (Lipinski definition) is 1. The van der Waals surface area contributed by atoms with Crippen LogP contribution in [0.15, 0.2) is 10.4 Å². The Morgan fingerprint density at radius 2 is 1.80 bits per heavy atom. The van der Waals surface area contributed by atoms with E-state index in [4.69, 9.17) is 4.74 Å². The second-order valence-corrected chi connectivity index (χ2v) is 12.0. The number of carbonyl (C=O) groups is 3. The number of amides is 4. The van der Waals surface area contributed by atoms with E-state index in [1.54, 1.807) is 43.9 Å². The molecular formula is C24H39N5O4S2. The lowest BCUT2D eigenvalue weighted by Gasteiger charge is -2.44. The van der Waals surface area contributed by atoms with Gasteiger partial charge in [0.1, 0.15) is 0 Å². The minimum atomic E-state index is -0.200. The maximum atomic E-state index is 13.5. The fraction of sp³-hybridized carbons (Fsp3) is 0.750. The normalized spacial score (nSPS) is 20.9. The monoisotopic (exact) mass is 525 g/mol. The van der Waals surface area contributed by atoms with E-state index in [1.165, 1.54) is 11.3 Å². The van der Waals surface area contributed by atoms with Crippen molar-refractivity contribution in [2.24, 2.45) is 5.92 Å². The summed E-state index contributed by atoms with van der Waals surface area (Å²) in [6.45, 7) is 5.79. The number of nitrogens with zero attached hydrogens (tertiary/aromatic N) is 4. The number of thiazole rings is 1. The molecule has 0 aromatic carbocycles. The van der Waals surface area contributed by atoms with Crippen molar-refractivity contribution in [1.29, 1.82) is 0 Å². The number of hydrogen-bond acceptors (Lipinski definition) is 7. The Morgan fingerprint density at radius 1 is 1.14 bits per heavy atom. The number of nitrogens with one attached hydrogen (secondary N) is 1. The van der Waals surface area contributed by atoms with Crippen LogP contribution in [0.1, 0.15) is 58.8 Å². The van der Waals surface area contributed by atoms with E-state index in [0.29, 0.717) is 42.9 Å². The standard InChI is InChI=1S/C24H39N5O4S2/c1-5-33-20(30)12-15-34-21-16-25-22(35-21)26-23(31)29(18-8-6-17(2)7-9-18)19-10-13-28(14-11-19)24(32)27(3)4/h16-19H,5-15H2,1-4H3,(H,25,26,31). The smallest absolute Gasteiger partial charge is 0.324 e. The summed E-state index contributed by atoms with van der Waals surface area (Å²) in [4.78, 5) is 47.3. The van der Waals surface area contributed by atoms with Gasteiger partial charge in [0.15, 0.2) is 5.13 Å². The van der Waals surface area contributed by atoms with Gasteiger partial charge in [0.05, 0.1) is 23.4 Å². The van der Waals surface area contributed by atoms with Crippen LogP contribution >= 0.6 is 23.1 Å². The molecule has 9 nitrogen and oxygen atoms in total. The molecule has 1 aliphatic heterocycles. The molecule has 3 rings (SSSR count). The number of anilines is 1. The summed E-state index contributed by atoms with van der Waals surface area (Å²) in [6.07, 6.45) is 7.94. The lowest BCUT2D eigenvalue weighted by molar-refractivity contribution is -0.142. The van der Waals surface area contributed by atoms with Crippen LogP contribution in [-0.2, 0) is 9.53 Å². The van der Waals surface area contributed by atoms with E-state index in [-0.39, 0.29) is 30.1 Å². The zero-order chi connectivity index (χ0) is 25.4. The van der Waals surface area contributed by atoms with Crippen molar-refractivity contribution in [3.8, 4) is 0 Å². The molecular weight excluding hydrogens is 486 g/mol. The fourth-order valence-corrected chi connectivity index (χ4v) is 6.64. The maximum absolute atomic E-state index is 13.5. The molecule has 0 spiro atoms. The van der Waals surface area contributed by atoms with Crippen LogP contribution in [0.3, 0.4) is 0 Å². The van der Waals surface area contributed by atoms with Crippen molar-refractivity contribution in [2.45, 2.75) is 75.1 Å². The van der Waals surface area contributed by atoms with Gasteiger partial charge >= 0.3 is 18.0 Å². The first kappa shape index (κ1) is 27.6. The molecule has 196 valence electrons. The molecule has 1 saturated carbocycles. The molecule has 0 atom stereocenters. The number of rotatable bonds is 8. The zero-order valence-corrected chi connectivity index (χ0v) is 23.0. The van der Waals surface area contributed by atoms with Gasteiger partial charge in [-0.15, -0.1) is 11.8 Å². The van der Waals surface area contributed by atoms with Crippen LogP contribution in [0, 0.1) is 5.92 Å². The maximum Gasteiger partial charge on any atom is 0.324 e. The second kappa shape index (κ2) is 13.3. The first-order valence-electron chi connectivity index (χ1n) is 12.6. The van der Waals surface area contributed by atoms with Crippen molar-refractivity contribution in [2.75, 3.05) is 44.9 Å². The van der Waals surface area contributed by atoms with Crippen LogP contribution < -0.4 is 5.32 Å². The summed E-state index contributed by atoms with van der Waals surface area (Å²) in [6, 6.07) is 0.254. The van der Waals surface area contributed by atoms with Crippen molar-refractivity contribution in [3.63, 3.8) is 0 Å². The molecule has 2 aliphatic rings. The summed E-state index contributed by atoms with van der Waals surface area (Å²) in [5.74, 6) is 1.11. The molecule has 1 aromatic heterocycles. The van der Waals surface area contributed by atoms with E-state index < -0.39 is 0 Å². The van der Waals surface area contributed by atoms with Gasteiger partial charge in [-0.3, -0.25) is 10.1 Å². The molecule has 2 heterocycles. The van der Waals surface area contributed by atoms with Gasteiger partial charge in [-0.2, -0.15) is 0 Å². The van der Waals surface area contributed by atoms with Gasteiger partial charge in [0.25, 0.3) is 0 Å². The Hall–Kier alpha value is -2.01. The van der Waals surface area contributed by atoms with Crippen LogP contribution in [0.2, 0.25) is 0 Å². The average Bonchev–Trinajstić information content (AvgIpc) is 3.27. The topological polar surface area (TPSA) is 95.1 Å². The van der Waals surface area contributed by atoms with Crippen LogP contribution in [0.4, 0.5) is 14.7 Å². The van der Waals surface area contributed by atoms with E-state index in [2.05, 4.69) is 22.1 Å². The van der Waals surface area contributed by atoms with Crippen molar-refractivity contribution in [3.05, 3.63) is 6.20 Å². The number of ether oxygens (including phenoxy) is 1. The molecule has 2 fully saturated rings. The Morgan fingerprint density at radius 3 is 2.43 bits per heavy atom. The molecule has 0 radical (unpaired) electrons. The Balaban J connectivity index is 1.61. The van der Waals surface area contributed by atoms with Gasteiger partial charge in [0.2, 0.25) is 0 Å². The number of likely N-dealkylation sites (tertiary alicyclic amines) is 1. The van der Waals surface area contributed by atoms with Crippen LogP contribution in [0.5, 0.6) is 0 Å². The number of carbonyl (C=O) groups excluding carboxylic acids is 3. The van der Waals surface area contributed by atoms with Crippen molar-refractivity contribution in [1.82, 2.24) is 19.7 Å². The summed E-state index contributed by atoms with van der Waals surface area (Å²) in [5.41, 5.74) is 0. The number of piperidine rings is 1. The minimum absolute atomic E-state index is 0.0294. The molecule has 0 bridgehead atoms. The van der Waals surface area contributed by atoms with E-state index in [9.17, 15) is 14.4 Å². The minimum Gasteiger partial charge on any atom is -0.466 e. The number of urea groups is 2. The van der Waals surface area contributed by atoms with E-state index >= 15 is 0 Å². The van der Waals surface area contributed by atoms with Crippen LogP contribution in [0.25, 0.3) is 0 Å². The predicted molar refractivity (Wildman–Crippen MR) is 140 cm³/mol. The lowest BCUT2D eigenvalue weighted by Crippen LogP contribution is -2.55. The van der Waals surface area contributed by atoms with Gasteiger partial charge in [-0.05, 0) is 51.4 Å². The molecule has 0 unspecified atom stereocenters. The highest BCUT2D eigenvalue weighted by atomic mass is 32.2. The molecule has 4 amide bonds. The summed E-state index contributed by atoms with van der Waals surface area (Å²) >= 11 is 2.97. The first-order chi connectivity index (χ1) is 16.8. The zero-order valence-electron chi connectivity index (χ0n) is 21.3. The first-order valence-corrected chi connectivity index (χ1v) is 14.4. The SMILES string of the molecule is CCOC(=O)CCSc1cnc(NC(=O)N(C2CCC(C)CC2)C2CCN(C(=O)N(C)C)CC2)s1. The third-order valence-electron chi connectivity index (χ3n) is 6.68. The molecule has 1 aromatic rings. The van der Waals surface area contributed by atoms with E-state index in [0.717, 1.165) is 42.7 Å². The third kappa shape index (κ3) is 7.99. The predicted octanol–water partition coefficient (Wildman–Crippen LogP) is 4.75. The highest BCUT2D eigenvalue weighted by molar-refractivity contribution is 8.01. The number of aromatic nitrogens is 1. The third-order valence-corrected chi connectivity index (χ3v) is 8.79. The van der Waals surface area contributed by atoms with E-state index in [1.807, 2.05) is 4.90 Å². The highest BCUT2D eigenvalue weighted by Crippen LogP contribution is 2.33. The number of thioether (sulfide) groups is 1. The summed E-state index contributed by atoms with van der Waals surface area (Å²) < 4.78 is 5.92. The molecule has 1 aliphatic carbocycles. The fourth-order valence-electron chi connectivity index (χ4n) is 4.78. The summed E-state index contributed by atoms with van der Waals surface area (Å²) in [5, 5.41) is 3.61. The Bertz CT molecular complexity index is 849. The number of esters is 1.